The molecule has 0 bridgehead atoms. The second-order valence-corrected chi connectivity index (χ2v) is 8.13. The first-order valence-electron chi connectivity index (χ1n) is 11.4. The van der Waals surface area contributed by atoms with Gasteiger partial charge in [0.25, 0.3) is 5.69 Å². The van der Waals surface area contributed by atoms with Gasteiger partial charge in [-0.3, -0.25) is 10.1 Å². The molecule has 0 radical (unpaired) electrons. The topological polar surface area (TPSA) is 82.4 Å². The minimum Gasteiger partial charge on any atom is -0.854 e. The molecular weight excluding hydrogens is 450 g/mol. The fraction of sp³-hybridized carbons (Fsp3) is 0. The highest BCUT2D eigenvalue weighted by Crippen LogP contribution is 2.29. The van der Waals surface area contributed by atoms with E-state index < -0.39 is 10.8 Å². The maximum Gasteiger partial charge on any atom is 0.269 e. The number of hydrogen-bond acceptors (Lipinski definition) is 4. The van der Waals surface area contributed by atoms with Crippen LogP contribution in [-0.2, 0) is 0 Å². The number of nitro groups is 1. The smallest absolute Gasteiger partial charge is 0.269 e. The Morgan fingerprint density at radius 3 is 1.50 bits per heavy atom. The summed E-state index contributed by atoms with van der Waals surface area (Å²) in [6.45, 7) is 0. The molecule has 0 atom stereocenters. The van der Waals surface area contributed by atoms with Crippen LogP contribution < -0.4 is 9.78 Å². The number of aromatic nitrogens is 1. The number of non-ortho nitro benzene ring substituents is 1. The van der Waals surface area contributed by atoms with Crippen molar-refractivity contribution in [3.63, 3.8) is 0 Å². The van der Waals surface area contributed by atoms with Crippen molar-refractivity contribution in [1.82, 2.24) is 0 Å². The largest absolute Gasteiger partial charge is 0.854 e. The molecule has 0 aliphatic carbocycles. The average molecular weight is 472 g/mol. The predicted molar refractivity (Wildman–Crippen MR) is 138 cm³/mol. The highest BCUT2D eigenvalue weighted by Gasteiger charge is 2.23. The molecule has 6 heteroatoms. The molecule has 1 aromatic heterocycles. The molecule has 174 valence electrons. The summed E-state index contributed by atoms with van der Waals surface area (Å²) in [7, 11) is 0. The summed E-state index contributed by atoms with van der Waals surface area (Å²) < 4.78 is 1.65. The minimum absolute atomic E-state index is 0.0821. The van der Waals surface area contributed by atoms with E-state index in [1.54, 1.807) is 4.68 Å². The third-order valence-corrected chi connectivity index (χ3v) is 5.80. The fourth-order valence-electron chi connectivity index (χ4n) is 4.00. The number of pyridine rings is 1. The summed E-state index contributed by atoms with van der Waals surface area (Å²) in [6, 6.07) is 39.1. The standard InChI is InChI=1S/C30H21N3O3/c34-30(25-16-18-27(19-17-25)33(35)36)31-32-28(23-12-6-2-7-13-23)20-26(22-10-4-1-5-11-22)21-29(32)24-14-8-3-9-15-24/h1-21H. The highest BCUT2D eigenvalue weighted by molar-refractivity contribution is 5.90. The molecule has 5 rings (SSSR count). The van der Waals surface area contributed by atoms with E-state index >= 15 is 0 Å². The molecule has 0 N–H and O–H groups in total. The molecule has 0 saturated heterocycles. The van der Waals surface area contributed by atoms with Crippen LogP contribution in [0, 0.1) is 10.1 Å². The Hall–Kier alpha value is -5.10. The first kappa shape index (κ1) is 22.7. The number of rotatable bonds is 6. The molecule has 0 aliphatic heterocycles. The van der Waals surface area contributed by atoms with Gasteiger partial charge in [0.15, 0.2) is 0 Å². The van der Waals surface area contributed by atoms with E-state index in [-0.39, 0.29) is 11.3 Å². The molecule has 5 aromatic rings. The third kappa shape index (κ3) is 4.74. The van der Waals surface area contributed by atoms with E-state index in [9.17, 15) is 15.2 Å². The second-order valence-electron chi connectivity index (χ2n) is 8.13. The van der Waals surface area contributed by atoms with Gasteiger partial charge in [-0.1, -0.05) is 66.7 Å². The van der Waals surface area contributed by atoms with Gasteiger partial charge in [-0.05, 0) is 62.9 Å². The van der Waals surface area contributed by atoms with Crippen LogP contribution >= 0.6 is 0 Å². The SMILES string of the molecule is O=[N+]([O-])c1ccc(C([O-])=N[n+]2c(-c3ccccc3)cc(-c3ccccc3)cc2-c2ccccc2)cc1. The Bertz CT molecular complexity index is 1470. The lowest BCUT2D eigenvalue weighted by Crippen LogP contribution is -2.38. The van der Waals surface area contributed by atoms with E-state index in [1.807, 2.05) is 103 Å². The van der Waals surface area contributed by atoms with Crippen LogP contribution in [0.1, 0.15) is 5.56 Å². The molecule has 6 nitrogen and oxygen atoms in total. The molecule has 0 fully saturated rings. The van der Waals surface area contributed by atoms with Crippen molar-refractivity contribution in [3.8, 4) is 33.6 Å². The zero-order valence-electron chi connectivity index (χ0n) is 19.2. The maximum absolute atomic E-state index is 13.3. The zero-order chi connectivity index (χ0) is 24.9. The first-order valence-corrected chi connectivity index (χ1v) is 11.4. The van der Waals surface area contributed by atoms with Crippen LogP contribution in [0.3, 0.4) is 0 Å². The van der Waals surface area contributed by atoms with Gasteiger partial charge in [-0.25, -0.2) is 0 Å². The molecule has 4 aromatic carbocycles. The normalized spacial score (nSPS) is 11.3. The minimum atomic E-state index is -0.503. The van der Waals surface area contributed by atoms with Gasteiger partial charge in [-0.2, -0.15) is 0 Å². The zero-order valence-corrected chi connectivity index (χ0v) is 19.2. The lowest BCUT2D eigenvalue weighted by atomic mass is 10.00. The second kappa shape index (κ2) is 10.0. The summed E-state index contributed by atoms with van der Waals surface area (Å²) in [5, 5.41) is 28.8. The average Bonchev–Trinajstić information content (AvgIpc) is 2.94. The van der Waals surface area contributed by atoms with Crippen molar-refractivity contribution >= 4 is 11.6 Å². The van der Waals surface area contributed by atoms with Gasteiger partial charge < -0.3 is 5.11 Å². The van der Waals surface area contributed by atoms with Gasteiger partial charge in [0.2, 0.25) is 11.4 Å². The molecule has 0 spiro atoms. The van der Waals surface area contributed by atoms with Crippen LogP contribution in [0.15, 0.2) is 132 Å². The van der Waals surface area contributed by atoms with Gasteiger partial charge in [0.1, 0.15) is 0 Å². The monoisotopic (exact) mass is 471 g/mol. The van der Waals surface area contributed by atoms with Crippen molar-refractivity contribution in [2.24, 2.45) is 5.10 Å². The first-order chi connectivity index (χ1) is 17.6. The quantitative estimate of drug-likeness (QED) is 0.108. The highest BCUT2D eigenvalue weighted by atomic mass is 16.6. The van der Waals surface area contributed by atoms with E-state index in [4.69, 9.17) is 0 Å². The maximum atomic E-state index is 13.3. The summed E-state index contributed by atoms with van der Waals surface area (Å²) in [5.74, 6) is -0.503. The van der Waals surface area contributed by atoms with Crippen molar-refractivity contribution in [3.05, 3.63) is 143 Å². The van der Waals surface area contributed by atoms with Gasteiger partial charge in [0, 0.05) is 35.4 Å². The molecule has 0 saturated carbocycles. The molecule has 0 aliphatic rings. The Balaban J connectivity index is 1.77. The molecule has 36 heavy (non-hydrogen) atoms. The number of nitrogens with zero attached hydrogens (tertiary/aromatic N) is 3. The van der Waals surface area contributed by atoms with Crippen LogP contribution in [-0.4, -0.2) is 10.8 Å². The molecule has 0 amide bonds. The van der Waals surface area contributed by atoms with Crippen molar-refractivity contribution in [2.75, 3.05) is 0 Å². The summed E-state index contributed by atoms with van der Waals surface area (Å²) in [5.41, 5.74) is 5.49. The van der Waals surface area contributed by atoms with E-state index in [1.165, 1.54) is 24.3 Å². The van der Waals surface area contributed by atoms with Gasteiger partial charge in [0.05, 0.1) is 10.8 Å². The fourth-order valence-corrected chi connectivity index (χ4v) is 4.00. The van der Waals surface area contributed by atoms with E-state index in [0.29, 0.717) is 0 Å². The van der Waals surface area contributed by atoms with Crippen LogP contribution in [0.2, 0.25) is 0 Å². The van der Waals surface area contributed by atoms with Crippen LogP contribution in [0.25, 0.3) is 33.6 Å². The summed E-state index contributed by atoms with van der Waals surface area (Å²) in [6.07, 6.45) is 0. The summed E-state index contributed by atoms with van der Waals surface area (Å²) in [4.78, 5) is 10.5. The van der Waals surface area contributed by atoms with Crippen molar-refractivity contribution in [2.45, 2.75) is 0 Å². The summed E-state index contributed by atoms with van der Waals surface area (Å²) >= 11 is 0. The Labute approximate surface area is 208 Å². The van der Waals surface area contributed by atoms with Crippen molar-refractivity contribution in [1.29, 1.82) is 0 Å². The molecule has 0 unspecified atom stereocenters. The number of nitro benzene ring substituents is 1. The molecule has 1 heterocycles. The third-order valence-electron chi connectivity index (χ3n) is 5.80. The number of benzene rings is 4. The van der Waals surface area contributed by atoms with Crippen LogP contribution in [0.4, 0.5) is 5.69 Å². The number of hydrogen-bond donors (Lipinski definition) is 0. The van der Waals surface area contributed by atoms with E-state index in [2.05, 4.69) is 5.10 Å². The Morgan fingerprint density at radius 2 is 1.06 bits per heavy atom. The van der Waals surface area contributed by atoms with Crippen molar-refractivity contribution < 1.29 is 14.7 Å². The Morgan fingerprint density at radius 1 is 0.611 bits per heavy atom. The van der Waals surface area contributed by atoms with E-state index in [0.717, 1.165) is 33.6 Å². The predicted octanol–water partition coefficient (Wildman–Crippen LogP) is 5.45. The van der Waals surface area contributed by atoms with Crippen LogP contribution in [0.5, 0.6) is 0 Å². The lowest BCUT2D eigenvalue weighted by molar-refractivity contribution is -0.659. The lowest BCUT2D eigenvalue weighted by Gasteiger charge is -2.12. The van der Waals surface area contributed by atoms with Gasteiger partial charge >= 0.3 is 0 Å². The molecular formula is C30H21N3O3. The van der Waals surface area contributed by atoms with Gasteiger partial charge in [-0.15, -0.1) is 0 Å². The Kier molecular flexibility index (Phi) is 6.32.